The van der Waals surface area contributed by atoms with E-state index in [4.69, 9.17) is 9.47 Å². The summed E-state index contributed by atoms with van der Waals surface area (Å²) in [7, 11) is 0. The van der Waals surface area contributed by atoms with Crippen LogP contribution in [0.5, 0.6) is 11.5 Å². The number of carbonyl (C=O) groups is 2. The van der Waals surface area contributed by atoms with E-state index in [9.17, 15) is 19.7 Å². The molecule has 0 radical (unpaired) electrons. The van der Waals surface area contributed by atoms with Gasteiger partial charge in [-0.2, -0.15) is 0 Å². The van der Waals surface area contributed by atoms with Gasteiger partial charge >= 0.3 is 5.97 Å². The third-order valence-corrected chi connectivity index (χ3v) is 4.12. The molecular weight excluding hydrogens is 350 g/mol. The Morgan fingerprint density at radius 2 is 1.85 bits per heavy atom. The number of nitro benzene ring substituents is 1. The van der Waals surface area contributed by atoms with Gasteiger partial charge in [0.1, 0.15) is 11.5 Å². The van der Waals surface area contributed by atoms with Gasteiger partial charge in [0.05, 0.1) is 16.4 Å². The lowest BCUT2D eigenvalue weighted by molar-refractivity contribution is -0.384. The summed E-state index contributed by atoms with van der Waals surface area (Å²) < 4.78 is 11.0. The monoisotopic (exact) mass is 367 g/mol. The Hall–Kier alpha value is -3.48. The van der Waals surface area contributed by atoms with Crippen molar-refractivity contribution in [1.29, 1.82) is 0 Å². The fourth-order valence-corrected chi connectivity index (χ4v) is 2.55. The van der Waals surface area contributed by atoms with Gasteiger partial charge in [0.15, 0.2) is 5.76 Å². The number of rotatable bonds is 4. The lowest BCUT2D eigenvalue weighted by Crippen LogP contribution is -2.15. The first kappa shape index (κ1) is 18.3. The molecule has 0 aromatic heterocycles. The molecule has 7 nitrogen and oxygen atoms in total. The van der Waals surface area contributed by atoms with Crippen LogP contribution in [0.2, 0.25) is 0 Å². The molecule has 138 valence electrons. The van der Waals surface area contributed by atoms with Crippen LogP contribution >= 0.6 is 0 Å². The number of hydrogen-bond acceptors (Lipinski definition) is 6. The number of carbonyl (C=O) groups excluding carboxylic acids is 2. The number of ether oxygens (including phenoxy) is 2. The number of non-ortho nitro benzene ring substituents is 1. The highest BCUT2D eigenvalue weighted by Crippen LogP contribution is 2.39. The second kappa shape index (κ2) is 7.03. The van der Waals surface area contributed by atoms with Crippen molar-refractivity contribution < 1.29 is 24.0 Å². The van der Waals surface area contributed by atoms with E-state index < -0.39 is 4.92 Å². The topological polar surface area (TPSA) is 95.7 Å². The molecule has 0 fully saturated rings. The van der Waals surface area contributed by atoms with Crippen molar-refractivity contribution in [3.05, 3.63) is 69.0 Å². The average Bonchev–Trinajstić information content (AvgIpc) is 2.94. The number of ketones is 1. The Balaban J connectivity index is 1.89. The van der Waals surface area contributed by atoms with E-state index in [-0.39, 0.29) is 29.1 Å². The molecule has 0 N–H and O–H groups in total. The zero-order valence-corrected chi connectivity index (χ0v) is 15.0. The first-order valence-electron chi connectivity index (χ1n) is 8.32. The molecule has 1 heterocycles. The maximum Gasteiger partial charge on any atom is 0.313 e. The summed E-state index contributed by atoms with van der Waals surface area (Å²) in [6.07, 6.45) is 1.52. The molecule has 0 amide bonds. The number of fused-ring (bicyclic) bond motifs is 1. The highest BCUT2D eigenvalue weighted by molar-refractivity contribution is 6.15. The number of nitrogens with zero attached hydrogens (tertiary/aromatic N) is 1. The summed E-state index contributed by atoms with van der Waals surface area (Å²) >= 11 is 0. The minimum Gasteiger partial charge on any atom is -0.452 e. The number of hydrogen-bond donors (Lipinski definition) is 0. The molecule has 3 rings (SSSR count). The van der Waals surface area contributed by atoms with Crippen molar-refractivity contribution in [2.75, 3.05) is 0 Å². The van der Waals surface area contributed by atoms with Crippen molar-refractivity contribution in [3.63, 3.8) is 0 Å². The Labute approximate surface area is 155 Å². The number of allylic oxidation sites excluding steroid dienone is 1. The van der Waals surface area contributed by atoms with Crippen LogP contribution in [0.3, 0.4) is 0 Å². The maximum atomic E-state index is 12.6. The van der Waals surface area contributed by atoms with E-state index in [1.54, 1.807) is 32.9 Å². The van der Waals surface area contributed by atoms with Gasteiger partial charge < -0.3 is 9.47 Å². The van der Waals surface area contributed by atoms with Crippen LogP contribution in [0.15, 0.2) is 42.2 Å². The van der Waals surface area contributed by atoms with Gasteiger partial charge in [-0.25, -0.2) is 0 Å². The Morgan fingerprint density at radius 3 is 2.44 bits per heavy atom. The number of nitro groups is 1. The SMILES string of the molecule is Cc1c(OC(=O)C(C)C)ccc2c1O/C(=C\c1ccc([N+](=O)[O-])cc1)C2=O. The van der Waals surface area contributed by atoms with Crippen LogP contribution in [0.25, 0.3) is 6.08 Å². The fraction of sp³-hybridized carbons (Fsp3) is 0.200. The van der Waals surface area contributed by atoms with E-state index in [1.807, 2.05) is 0 Å². The lowest BCUT2D eigenvalue weighted by atomic mass is 10.1. The predicted octanol–water partition coefficient (Wildman–Crippen LogP) is 4.08. The Kier molecular flexibility index (Phi) is 4.77. The molecule has 2 aromatic carbocycles. The molecule has 1 aliphatic rings. The molecule has 0 spiro atoms. The molecule has 27 heavy (non-hydrogen) atoms. The van der Waals surface area contributed by atoms with Crippen molar-refractivity contribution in [2.45, 2.75) is 20.8 Å². The van der Waals surface area contributed by atoms with Gasteiger partial charge in [-0.15, -0.1) is 0 Å². The van der Waals surface area contributed by atoms with Gasteiger partial charge in [0.2, 0.25) is 5.78 Å². The molecule has 7 heteroatoms. The van der Waals surface area contributed by atoms with Crippen LogP contribution in [0, 0.1) is 23.0 Å². The van der Waals surface area contributed by atoms with Crippen molar-refractivity contribution in [3.8, 4) is 11.5 Å². The Bertz CT molecular complexity index is 973. The zero-order valence-electron chi connectivity index (χ0n) is 15.0. The van der Waals surface area contributed by atoms with Crippen molar-refractivity contribution in [2.24, 2.45) is 5.92 Å². The largest absolute Gasteiger partial charge is 0.452 e. The maximum absolute atomic E-state index is 12.6. The smallest absolute Gasteiger partial charge is 0.313 e. The van der Waals surface area contributed by atoms with Crippen LogP contribution in [0.1, 0.15) is 35.3 Å². The lowest BCUT2D eigenvalue weighted by Gasteiger charge is -2.11. The van der Waals surface area contributed by atoms with Gasteiger partial charge in [0, 0.05) is 17.7 Å². The van der Waals surface area contributed by atoms with Crippen LogP contribution < -0.4 is 9.47 Å². The molecule has 0 bridgehead atoms. The molecule has 1 aliphatic heterocycles. The van der Waals surface area contributed by atoms with Crippen LogP contribution in [-0.4, -0.2) is 16.7 Å². The van der Waals surface area contributed by atoms with Gasteiger partial charge in [-0.1, -0.05) is 13.8 Å². The summed E-state index contributed by atoms with van der Waals surface area (Å²) in [5.74, 6) is -0.150. The van der Waals surface area contributed by atoms with E-state index in [1.165, 1.54) is 30.3 Å². The molecule has 0 saturated carbocycles. The first-order valence-corrected chi connectivity index (χ1v) is 8.32. The van der Waals surface area contributed by atoms with E-state index >= 15 is 0 Å². The fourth-order valence-electron chi connectivity index (χ4n) is 2.55. The van der Waals surface area contributed by atoms with Crippen molar-refractivity contribution in [1.82, 2.24) is 0 Å². The third kappa shape index (κ3) is 3.57. The summed E-state index contributed by atoms with van der Waals surface area (Å²) in [5, 5.41) is 10.7. The highest BCUT2D eigenvalue weighted by Gasteiger charge is 2.30. The summed E-state index contributed by atoms with van der Waals surface area (Å²) in [4.78, 5) is 34.6. The van der Waals surface area contributed by atoms with E-state index in [0.717, 1.165) is 0 Å². The van der Waals surface area contributed by atoms with Gasteiger partial charge in [-0.05, 0) is 42.8 Å². The van der Waals surface area contributed by atoms with Crippen molar-refractivity contribution >= 4 is 23.5 Å². The third-order valence-electron chi connectivity index (χ3n) is 4.12. The molecule has 2 aromatic rings. The zero-order chi connectivity index (χ0) is 19.7. The predicted molar refractivity (Wildman–Crippen MR) is 97.7 cm³/mol. The van der Waals surface area contributed by atoms with E-state index in [0.29, 0.717) is 28.2 Å². The molecule has 0 aliphatic carbocycles. The number of benzene rings is 2. The van der Waals surface area contributed by atoms with Crippen LogP contribution in [0.4, 0.5) is 5.69 Å². The number of esters is 1. The summed E-state index contributed by atoms with van der Waals surface area (Å²) in [6.45, 7) is 5.18. The normalized spacial score (nSPS) is 14.2. The van der Waals surface area contributed by atoms with E-state index in [2.05, 4.69) is 0 Å². The second-order valence-corrected chi connectivity index (χ2v) is 6.43. The summed E-state index contributed by atoms with van der Waals surface area (Å²) in [5.41, 5.74) is 1.50. The number of Topliss-reactive ketones (excluding diaryl/α,β-unsaturated/α-hetero) is 1. The molecule has 0 unspecified atom stereocenters. The van der Waals surface area contributed by atoms with Crippen LogP contribution in [-0.2, 0) is 4.79 Å². The quantitative estimate of drug-likeness (QED) is 0.266. The van der Waals surface area contributed by atoms with Gasteiger partial charge in [-0.3, -0.25) is 19.7 Å². The Morgan fingerprint density at radius 1 is 1.19 bits per heavy atom. The minimum atomic E-state index is -0.493. The minimum absolute atomic E-state index is 0.0356. The molecular formula is C20H17NO6. The molecule has 0 saturated heterocycles. The second-order valence-electron chi connectivity index (χ2n) is 6.43. The first-order chi connectivity index (χ1) is 12.8. The standard InChI is InChI=1S/C20H17NO6/c1-11(2)20(23)27-16-9-8-15-18(22)17(26-19(15)12(16)3)10-13-4-6-14(7-5-13)21(24)25/h4-11H,1-3H3/b17-10-. The highest BCUT2D eigenvalue weighted by atomic mass is 16.6. The summed E-state index contributed by atoms with van der Waals surface area (Å²) in [6, 6.07) is 8.91. The molecule has 0 atom stereocenters. The van der Waals surface area contributed by atoms with Gasteiger partial charge in [0.25, 0.3) is 5.69 Å². The average molecular weight is 367 g/mol.